The first-order valence-corrected chi connectivity index (χ1v) is 5.99. The Hall–Kier alpha value is -0.730. The maximum Gasteiger partial charge on any atom is 0.138 e. The normalized spacial score (nSPS) is 9.31. The second-order valence-electron chi connectivity index (χ2n) is 3.13. The summed E-state index contributed by atoms with van der Waals surface area (Å²) in [6.07, 6.45) is 0.876. The van der Waals surface area contributed by atoms with Crippen LogP contribution in [-0.4, -0.2) is 20.3 Å². The summed E-state index contributed by atoms with van der Waals surface area (Å²) < 4.78 is 10.4. The van der Waals surface area contributed by atoms with Gasteiger partial charge in [0.1, 0.15) is 5.75 Å². The Balaban J connectivity index is 0.00000106. The number of rotatable bonds is 5. The van der Waals surface area contributed by atoms with Crippen molar-refractivity contribution in [2.24, 2.45) is 0 Å². The maximum atomic E-state index is 5.95. The molecular weight excluding hydrogens is 224 g/mol. The molecule has 0 N–H and O–H groups in total. The predicted molar refractivity (Wildman–Crippen MR) is 69.5 cm³/mol. The standard InChI is InChI=1S/C11H15ClO2.C2H6/c1-9-4-5-10(12)11(8-9)14-7-3-6-13-2;1-2/h4-5,8H,3,6-7H2,1-2H3;1-2H3. The van der Waals surface area contributed by atoms with Crippen molar-refractivity contribution in [2.75, 3.05) is 20.3 Å². The van der Waals surface area contributed by atoms with E-state index < -0.39 is 0 Å². The Morgan fingerprint density at radius 3 is 2.50 bits per heavy atom. The van der Waals surface area contributed by atoms with Crippen LogP contribution in [0.4, 0.5) is 0 Å². The van der Waals surface area contributed by atoms with Crippen LogP contribution in [0.25, 0.3) is 0 Å². The molecule has 0 spiro atoms. The van der Waals surface area contributed by atoms with E-state index in [0.29, 0.717) is 18.2 Å². The van der Waals surface area contributed by atoms with Crippen molar-refractivity contribution >= 4 is 11.6 Å². The van der Waals surface area contributed by atoms with Crippen molar-refractivity contribution < 1.29 is 9.47 Å². The van der Waals surface area contributed by atoms with Gasteiger partial charge in [0, 0.05) is 20.1 Å². The van der Waals surface area contributed by atoms with E-state index in [2.05, 4.69) is 0 Å². The van der Waals surface area contributed by atoms with Crippen molar-refractivity contribution in [3.8, 4) is 5.75 Å². The molecule has 0 heterocycles. The summed E-state index contributed by atoms with van der Waals surface area (Å²) in [7, 11) is 1.68. The van der Waals surface area contributed by atoms with E-state index in [-0.39, 0.29) is 0 Å². The second kappa shape index (κ2) is 9.49. The molecule has 1 aromatic carbocycles. The fourth-order valence-electron chi connectivity index (χ4n) is 1.11. The molecule has 0 aliphatic heterocycles. The van der Waals surface area contributed by atoms with Crippen molar-refractivity contribution in [2.45, 2.75) is 27.2 Å². The molecule has 92 valence electrons. The monoisotopic (exact) mass is 244 g/mol. The average Bonchev–Trinajstić information content (AvgIpc) is 2.31. The molecule has 3 heteroatoms. The summed E-state index contributed by atoms with van der Waals surface area (Å²) in [5.41, 5.74) is 1.15. The molecule has 0 saturated carbocycles. The molecule has 0 bridgehead atoms. The highest BCUT2D eigenvalue weighted by molar-refractivity contribution is 6.32. The first-order chi connectivity index (χ1) is 7.74. The quantitative estimate of drug-likeness (QED) is 0.727. The van der Waals surface area contributed by atoms with Gasteiger partial charge in [0.15, 0.2) is 0 Å². The largest absolute Gasteiger partial charge is 0.492 e. The van der Waals surface area contributed by atoms with Crippen LogP contribution in [0.1, 0.15) is 25.8 Å². The molecule has 0 aromatic heterocycles. The fraction of sp³-hybridized carbons (Fsp3) is 0.538. The van der Waals surface area contributed by atoms with E-state index >= 15 is 0 Å². The van der Waals surface area contributed by atoms with Gasteiger partial charge in [0.25, 0.3) is 0 Å². The topological polar surface area (TPSA) is 18.5 Å². The van der Waals surface area contributed by atoms with Crippen molar-refractivity contribution in [1.29, 1.82) is 0 Å². The molecule has 1 rings (SSSR count). The van der Waals surface area contributed by atoms with Crippen LogP contribution in [0, 0.1) is 6.92 Å². The first kappa shape index (κ1) is 15.3. The molecular formula is C13H21ClO2. The zero-order chi connectivity index (χ0) is 12.4. The summed E-state index contributed by atoms with van der Waals surface area (Å²) >= 11 is 5.95. The highest BCUT2D eigenvalue weighted by Gasteiger charge is 2.00. The molecule has 0 aliphatic rings. The summed E-state index contributed by atoms with van der Waals surface area (Å²) in [4.78, 5) is 0. The van der Waals surface area contributed by atoms with E-state index in [1.165, 1.54) is 0 Å². The smallest absolute Gasteiger partial charge is 0.138 e. The number of methoxy groups -OCH3 is 1. The Morgan fingerprint density at radius 2 is 1.88 bits per heavy atom. The minimum atomic E-state index is 0.636. The third kappa shape index (κ3) is 5.99. The van der Waals surface area contributed by atoms with Crippen LogP contribution >= 0.6 is 11.6 Å². The van der Waals surface area contributed by atoms with Crippen LogP contribution in [0.3, 0.4) is 0 Å². The second-order valence-corrected chi connectivity index (χ2v) is 3.54. The number of hydrogen-bond acceptors (Lipinski definition) is 2. The predicted octanol–water partition coefficient (Wildman–Crippen LogP) is 4.09. The summed E-state index contributed by atoms with van der Waals surface area (Å²) in [6.45, 7) is 7.36. The van der Waals surface area contributed by atoms with Crippen molar-refractivity contribution in [3.63, 3.8) is 0 Å². The molecule has 0 aliphatic carbocycles. The zero-order valence-corrected chi connectivity index (χ0v) is 11.3. The lowest BCUT2D eigenvalue weighted by atomic mass is 10.2. The van der Waals surface area contributed by atoms with Crippen LogP contribution in [0.5, 0.6) is 5.75 Å². The molecule has 0 unspecified atom stereocenters. The first-order valence-electron chi connectivity index (χ1n) is 5.62. The molecule has 0 saturated heterocycles. The lowest BCUT2D eigenvalue weighted by Crippen LogP contribution is -2.01. The minimum Gasteiger partial charge on any atom is -0.492 e. The summed E-state index contributed by atoms with van der Waals surface area (Å²) in [5.74, 6) is 0.753. The summed E-state index contributed by atoms with van der Waals surface area (Å²) in [5, 5.41) is 0.660. The van der Waals surface area contributed by atoms with Crippen molar-refractivity contribution in [3.05, 3.63) is 28.8 Å². The van der Waals surface area contributed by atoms with Gasteiger partial charge in [-0.05, 0) is 24.6 Å². The van der Waals surface area contributed by atoms with Gasteiger partial charge in [-0.25, -0.2) is 0 Å². The number of ether oxygens (including phenoxy) is 2. The molecule has 0 amide bonds. The van der Waals surface area contributed by atoms with E-state index in [9.17, 15) is 0 Å². The fourth-order valence-corrected chi connectivity index (χ4v) is 1.28. The Morgan fingerprint density at radius 1 is 1.19 bits per heavy atom. The van der Waals surface area contributed by atoms with Gasteiger partial charge < -0.3 is 9.47 Å². The van der Waals surface area contributed by atoms with Crippen molar-refractivity contribution in [1.82, 2.24) is 0 Å². The summed E-state index contributed by atoms with van der Waals surface area (Å²) in [6, 6.07) is 5.75. The van der Waals surface area contributed by atoms with E-state index in [4.69, 9.17) is 21.1 Å². The Bertz CT molecular complexity index is 287. The van der Waals surface area contributed by atoms with Gasteiger partial charge in [-0.2, -0.15) is 0 Å². The number of hydrogen-bond donors (Lipinski definition) is 0. The van der Waals surface area contributed by atoms with Crippen LogP contribution < -0.4 is 4.74 Å². The van der Waals surface area contributed by atoms with Gasteiger partial charge in [-0.15, -0.1) is 0 Å². The minimum absolute atomic E-state index is 0.636. The SMILES string of the molecule is CC.COCCCOc1cc(C)ccc1Cl. The Kier molecular flexibility index (Phi) is 9.06. The number of aryl methyl sites for hydroxylation is 1. The van der Waals surface area contributed by atoms with Crippen LogP contribution in [0.2, 0.25) is 5.02 Å². The van der Waals surface area contributed by atoms with Gasteiger partial charge in [-0.1, -0.05) is 31.5 Å². The lowest BCUT2D eigenvalue weighted by Gasteiger charge is -2.08. The van der Waals surface area contributed by atoms with Gasteiger partial charge in [0.05, 0.1) is 11.6 Å². The molecule has 0 fully saturated rings. The van der Waals surface area contributed by atoms with Crippen LogP contribution in [-0.2, 0) is 4.74 Å². The zero-order valence-electron chi connectivity index (χ0n) is 10.5. The molecule has 0 atom stereocenters. The van der Waals surface area contributed by atoms with Crippen LogP contribution in [0.15, 0.2) is 18.2 Å². The van der Waals surface area contributed by atoms with E-state index in [1.54, 1.807) is 7.11 Å². The maximum absolute atomic E-state index is 5.95. The average molecular weight is 245 g/mol. The molecule has 16 heavy (non-hydrogen) atoms. The van der Waals surface area contributed by atoms with E-state index in [1.807, 2.05) is 39.0 Å². The molecule has 1 aromatic rings. The Labute approximate surface area is 104 Å². The third-order valence-corrected chi connectivity index (χ3v) is 2.15. The lowest BCUT2D eigenvalue weighted by molar-refractivity contribution is 0.172. The van der Waals surface area contributed by atoms with Gasteiger partial charge in [-0.3, -0.25) is 0 Å². The number of benzene rings is 1. The molecule has 0 radical (unpaired) electrons. The van der Waals surface area contributed by atoms with Gasteiger partial charge >= 0.3 is 0 Å². The highest BCUT2D eigenvalue weighted by Crippen LogP contribution is 2.25. The number of halogens is 1. The van der Waals surface area contributed by atoms with Gasteiger partial charge in [0.2, 0.25) is 0 Å². The molecule has 2 nitrogen and oxygen atoms in total. The van der Waals surface area contributed by atoms with E-state index in [0.717, 1.165) is 17.7 Å². The highest BCUT2D eigenvalue weighted by atomic mass is 35.5. The third-order valence-electron chi connectivity index (χ3n) is 1.84.